The summed E-state index contributed by atoms with van der Waals surface area (Å²) in [4.78, 5) is 6.65. The van der Waals surface area contributed by atoms with E-state index in [9.17, 15) is 0 Å². The van der Waals surface area contributed by atoms with Gasteiger partial charge in [-0.25, -0.2) is 0 Å². The number of hydrogen-bond donors (Lipinski definition) is 1. The second-order valence-electron chi connectivity index (χ2n) is 4.61. The molecule has 1 atom stereocenters. The van der Waals surface area contributed by atoms with Crippen LogP contribution in [0.1, 0.15) is 12.1 Å². The predicted octanol–water partition coefficient (Wildman–Crippen LogP) is 2.99. The lowest BCUT2D eigenvalue weighted by atomic mass is 10.1. The van der Waals surface area contributed by atoms with Crippen LogP contribution in [0.3, 0.4) is 0 Å². The van der Waals surface area contributed by atoms with Crippen LogP contribution in [0.5, 0.6) is 5.75 Å². The van der Waals surface area contributed by atoms with E-state index in [4.69, 9.17) is 4.74 Å². The number of rotatable bonds is 5. The Morgan fingerprint density at radius 3 is 3.20 bits per heavy atom. The van der Waals surface area contributed by atoms with Crippen molar-refractivity contribution < 1.29 is 4.74 Å². The molecule has 2 aromatic heterocycles. The standard InChI is InChI=1S/C15H17N3OS/c1-19-14-4-6-16-12(10-14)2-3-15-17-7-8-18(15)13-5-9-20-11-13/h4-11,15,17H,2-3H2,1H3. The van der Waals surface area contributed by atoms with Crippen LogP contribution >= 0.6 is 11.3 Å². The maximum Gasteiger partial charge on any atom is 0.122 e. The molecule has 0 radical (unpaired) electrons. The minimum absolute atomic E-state index is 0.289. The summed E-state index contributed by atoms with van der Waals surface area (Å²) in [5.41, 5.74) is 2.29. The maximum absolute atomic E-state index is 5.23. The monoisotopic (exact) mass is 287 g/mol. The first-order valence-electron chi connectivity index (χ1n) is 6.59. The lowest BCUT2D eigenvalue weighted by Gasteiger charge is -2.24. The van der Waals surface area contributed by atoms with E-state index in [1.807, 2.05) is 18.3 Å². The van der Waals surface area contributed by atoms with E-state index < -0.39 is 0 Å². The van der Waals surface area contributed by atoms with Gasteiger partial charge in [0.1, 0.15) is 11.9 Å². The summed E-state index contributed by atoms with van der Waals surface area (Å²) in [6, 6.07) is 6.01. The van der Waals surface area contributed by atoms with Crippen LogP contribution in [0.4, 0.5) is 5.69 Å². The number of thiophene rings is 1. The molecule has 0 amide bonds. The molecule has 0 saturated heterocycles. The van der Waals surface area contributed by atoms with Crippen molar-refractivity contribution in [1.29, 1.82) is 0 Å². The van der Waals surface area contributed by atoms with Gasteiger partial charge >= 0.3 is 0 Å². The summed E-state index contributed by atoms with van der Waals surface area (Å²) < 4.78 is 5.23. The fraction of sp³-hybridized carbons (Fsp3) is 0.267. The van der Waals surface area contributed by atoms with E-state index in [0.717, 1.165) is 24.3 Å². The second kappa shape index (κ2) is 5.96. The van der Waals surface area contributed by atoms with Crippen LogP contribution in [-0.4, -0.2) is 18.3 Å². The van der Waals surface area contributed by atoms with Crippen molar-refractivity contribution >= 4 is 17.0 Å². The van der Waals surface area contributed by atoms with Gasteiger partial charge in [0.15, 0.2) is 0 Å². The molecule has 0 aromatic carbocycles. The molecule has 1 unspecified atom stereocenters. The Morgan fingerprint density at radius 2 is 2.40 bits per heavy atom. The molecule has 0 fully saturated rings. The highest BCUT2D eigenvalue weighted by Gasteiger charge is 2.20. The zero-order valence-electron chi connectivity index (χ0n) is 11.3. The van der Waals surface area contributed by atoms with E-state index in [2.05, 4.69) is 38.2 Å². The van der Waals surface area contributed by atoms with Crippen molar-refractivity contribution in [3.05, 3.63) is 53.2 Å². The SMILES string of the molecule is COc1ccnc(CCC2NC=CN2c2ccsc2)c1. The normalized spacial score (nSPS) is 17.2. The van der Waals surface area contributed by atoms with Gasteiger partial charge in [-0.3, -0.25) is 4.98 Å². The molecular weight excluding hydrogens is 270 g/mol. The van der Waals surface area contributed by atoms with Gasteiger partial charge in [0.25, 0.3) is 0 Å². The number of nitrogens with zero attached hydrogens (tertiary/aromatic N) is 2. The number of anilines is 1. The third-order valence-electron chi connectivity index (χ3n) is 3.36. The Labute approximate surface area is 122 Å². The van der Waals surface area contributed by atoms with Crippen LogP contribution < -0.4 is 15.0 Å². The van der Waals surface area contributed by atoms with Gasteiger partial charge < -0.3 is 15.0 Å². The third kappa shape index (κ3) is 2.77. The van der Waals surface area contributed by atoms with Gasteiger partial charge in [0.2, 0.25) is 0 Å². The maximum atomic E-state index is 5.23. The molecule has 0 aliphatic carbocycles. The largest absolute Gasteiger partial charge is 0.497 e. The van der Waals surface area contributed by atoms with Crippen LogP contribution in [0.2, 0.25) is 0 Å². The average molecular weight is 287 g/mol. The Hall–Kier alpha value is -2.01. The lowest BCUT2D eigenvalue weighted by Crippen LogP contribution is -2.35. The molecule has 0 bridgehead atoms. The Balaban J connectivity index is 1.63. The Morgan fingerprint density at radius 1 is 1.45 bits per heavy atom. The van der Waals surface area contributed by atoms with Crippen LogP contribution in [0.15, 0.2) is 47.6 Å². The highest BCUT2D eigenvalue weighted by molar-refractivity contribution is 7.08. The van der Waals surface area contributed by atoms with Gasteiger partial charge in [0, 0.05) is 35.7 Å². The van der Waals surface area contributed by atoms with Crippen molar-refractivity contribution in [2.75, 3.05) is 12.0 Å². The lowest BCUT2D eigenvalue weighted by molar-refractivity contribution is 0.413. The fourth-order valence-electron chi connectivity index (χ4n) is 2.32. The van der Waals surface area contributed by atoms with Gasteiger partial charge in [-0.1, -0.05) is 0 Å². The first-order chi connectivity index (χ1) is 9.86. The summed E-state index contributed by atoms with van der Waals surface area (Å²) >= 11 is 1.72. The number of aryl methyl sites for hydroxylation is 1. The van der Waals surface area contributed by atoms with Gasteiger partial charge in [-0.15, -0.1) is 0 Å². The number of hydrogen-bond acceptors (Lipinski definition) is 5. The molecule has 5 heteroatoms. The number of methoxy groups -OCH3 is 1. The van der Waals surface area contributed by atoms with Gasteiger partial charge in [-0.05, 0) is 30.4 Å². The first-order valence-corrected chi connectivity index (χ1v) is 7.53. The minimum Gasteiger partial charge on any atom is -0.497 e. The van der Waals surface area contributed by atoms with E-state index >= 15 is 0 Å². The van der Waals surface area contributed by atoms with Crippen LogP contribution in [-0.2, 0) is 6.42 Å². The Kier molecular flexibility index (Phi) is 3.87. The summed E-state index contributed by atoms with van der Waals surface area (Å²) in [5.74, 6) is 0.863. The molecule has 1 N–H and O–H groups in total. The highest BCUT2D eigenvalue weighted by Crippen LogP contribution is 2.24. The fourth-order valence-corrected chi connectivity index (χ4v) is 2.95. The molecular formula is C15H17N3OS. The van der Waals surface area contributed by atoms with Gasteiger partial charge in [-0.2, -0.15) is 11.3 Å². The number of pyridine rings is 1. The van der Waals surface area contributed by atoms with Crippen molar-refractivity contribution in [3.63, 3.8) is 0 Å². The number of aromatic nitrogens is 1. The molecule has 3 rings (SSSR count). The number of nitrogens with one attached hydrogen (secondary N) is 1. The van der Waals surface area contributed by atoms with Crippen molar-refractivity contribution in [2.45, 2.75) is 19.0 Å². The summed E-state index contributed by atoms with van der Waals surface area (Å²) in [6.07, 6.45) is 8.08. The third-order valence-corrected chi connectivity index (χ3v) is 4.03. The smallest absolute Gasteiger partial charge is 0.122 e. The summed E-state index contributed by atoms with van der Waals surface area (Å²) in [5, 5.41) is 7.65. The molecule has 0 spiro atoms. The topological polar surface area (TPSA) is 37.4 Å². The molecule has 1 aliphatic rings. The summed E-state index contributed by atoms with van der Waals surface area (Å²) in [6.45, 7) is 0. The van der Waals surface area contributed by atoms with Gasteiger partial charge in [0.05, 0.1) is 12.8 Å². The Bertz CT molecular complexity index is 583. The van der Waals surface area contributed by atoms with Crippen LogP contribution in [0, 0.1) is 0 Å². The highest BCUT2D eigenvalue weighted by atomic mass is 32.1. The summed E-state index contributed by atoms with van der Waals surface area (Å²) in [7, 11) is 1.68. The van der Waals surface area contributed by atoms with Crippen molar-refractivity contribution in [1.82, 2.24) is 10.3 Å². The second-order valence-corrected chi connectivity index (χ2v) is 5.39. The molecule has 1 aliphatic heterocycles. The molecule has 104 valence electrons. The van der Waals surface area contributed by atoms with E-state index in [0.29, 0.717) is 0 Å². The first kappa shape index (κ1) is 13.0. The van der Waals surface area contributed by atoms with E-state index in [-0.39, 0.29) is 6.17 Å². The molecule has 0 saturated carbocycles. The molecule has 4 nitrogen and oxygen atoms in total. The molecule has 20 heavy (non-hydrogen) atoms. The van der Waals surface area contributed by atoms with Crippen molar-refractivity contribution in [2.24, 2.45) is 0 Å². The predicted molar refractivity (Wildman–Crippen MR) is 82.0 cm³/mol. The van der Waals surface area contributed by atoms with Crippen LogP contribution in [0.25, 0.3) is 0 Å². The van der Waals surface area contributed by atoms with E-state index in [1.54, 1.807) is 24.6 Å². The average Bonchev–Trinajstić information content (AvgIpc) is 3.16. The molecule has 2 aromatic rings. The zero-order chi connectivity index (χ0) is 13.8. The van der Waals surface area contributed by atoms with Crippen molar-refractivity contribution in [3.8, 4) is 5.75 Å². The minimum atomic E-state index is 0.289. The number of ether oxygens (including phenoxy) is 1. The van der Waals surface area contributed by atoms with E-state index in [1.165, 1.54) is 5.69 Å². The quantitative estimate of drug-likeness (QED) is 0.917. The zero-order valence-corrected chi connectivity index (χ0v) is 12.1. The molecule has 3 heterocycles.